The largest absolute Gasteiger partial charge is 0.559 e. The molecule has 13 heavy (non-hydrogen) atoms. The highest BCUT2D eigenvalue weighted by Gasteiger charge is 2.27. The Bertz CT molecular complexity index is 332. The molecule has 0 radical (unpaired) electrons. The third-order valence-electron chi connectivity index (χ3n) is 1.39. The van der Waals surface area contributed by atoms with Crippen molar-refractivity contribution in [1.29, 1.82) is 0 Å². The van der Waals surface area contributed by atoms with Crippen molar-refractivity contribution in [3.05, 3.63) is 39.6 Å². The molecule has 0 amide bonds. The maximum Gasteiger partial charge on any atom is 0.336 e. The summed E-state index contributed by atoms with van der Waals surface area (Å²) in [6, 6.07) is 4.58. The molecule has 7 heteroatoms. The van der Waals surface area contributed by atoms with Crippen LogP contribution in [0, 0.1) is 15.3 Å². The van der Waals surface area contributed by atoms with Gasteiger partial charge in [0.1, 0.15) is 0 Å². The van der Waals surface area contributed by atoms with Crippen molar-refractivity contribution in [2.75, 3.05) is 0 Å². The number of nitrogens with zero attached hydrogens (tertiary/aromatic N) is 2. The maximum atomic E-state index is 10.6. The van der Waals surface area contributed by atoms with E-state index in [1.165, 1.54) is 12.1 Å². The third kappa shape index (κ3) is 1.98. The van der Waals surface area contributed by atoms with Crippen LogP contribution in [-0.4, -0.2) is 15.3 Å². The van der Waals surface area contributed by atoms with Crippen LogP contribution in [0.15, 0.2) is 24.3 Å². The van der Waals surface area contributed by atoms with Crippen molar-refractivity contribution >= 4 is 11.4 Å². The lowest BCUT2D eigenvalue weighted by atomic mass is 10.3. The van der Waals surface area contributed by atoms with Gasteiger partial charge in [-0.25, -0.2) is 0 Å². The molecular formula is C6H6N2O5. The summed E-state index contributed by atoms with van der Waals surface area (Å²) >= 11 is 0. The van der Waals surface area contributed by atoms with Crippen molar-refractivity contribution in [2.24, 2.45) is 0 Å². The van der Waals surface area contributed by atoms with Crippen LogP contribution < -0.4 is 4.97 Å². The van der Waals surface area contributed by atoms with E-state index in [-0.39, 0.29) is 0 Å². The smallest absolute Gasteiger partial charge is 0.336 e. The van der Waals surface area contributed by atoms with E-state index in [2.05, 4.69) is 0 Å². The average molecular weight is 186 g/mol. The molecule has 0 atom stereocenters. The topological polar surface area (TPSA) is 107 Å². The van der Waals surface area contributed by atoms with Crippen molar-refractivity contribution in [2.45, 2.75) is 0 Å². The predicted molar refractivity (Wildman–Crippen MR) is 41.8 cm³/mol. The van der Waals surface area contributed by atoms with Gasteiger partial charge in [-0.2, -0.15) is 10.4 Å². The van der Waals surface area contributed by atoms with E-state index in [1.54, 1.807) is 0 Å². The van der Waals surface area contributed by atoms with Gasteiger partial charge in [-0.3, -0.25) is 10.1 Å². The fourth-order valence-electron chi connectivity index (χ4n) is 0.865. The number of hydrogen-bond donors (Lipinski definition) is 2. The minimum absolute atomic E-state index is 0.637. The summed E-state index contributed by atoms with van der Waals surface area (Å²) in [6.45, 7) is 0. The van der Waals surface area contributed by atoms with Gasteiger partial charge in [-0.1, -0.05) is 12.1 Å². The second kappa shape index (κ2) is 3.07. The molecule has 0 aromatic heterocycles. The summed E-state index contributed by atoms with van der Waals surface area (Å²) in [5.41, 5.74) is -1.37. The Labute approximate surface area is 72.3 Å². The van der Waals surface area contributed by atoms with Gasteiger partial charge in [0.05, 0.1) is 4.92 Å². The Hall–Kier alpha value is -1.54. The Morgan fingerprint density at radius 1 is 1.31 bits per heavy atom. The van der Waals surface area contributed by atoms with Gasteiger partial charge in [-0.05, 0) is 4.97 Å². The van der Waals surface area contributed by atoms with Gasteiger partial charge >= 0.3 is 5.69 Å². The molecule has 0 aliphatic carbocycles. The van der Waals surface area contributed by atoms with E-state index >= 15 is 0 Å². The second-order valence-corrected chi connectivity index (χ2v) is 2.29. The van der Waals surface area contributed by atoms with Crippen LogP contribution in [0.2, 0.25) is 0 Å². The SMILES string of the molecule is O=[N+]([O-])c1ccccc1[N+]([O-])(O)O. The molecule has 0 aliphatic heterocycles. The van der Waals surface area contributed by atoms with Gasteiger partial charge in [0.15, 0.2) is 0 Å². The lowest BCUT2D eigenvalue weighted by Gasteiger charge is -2.21. The van der Waals surface area contributed by atoms with Gasteiger partial charge in [0.25, 0.3) is 5.69 Å². The van der Waals surface area contributed by atoms with E-state index in [9.17, 15) is 15.3 Å². The zero-order chi connectivity index (χ0) is 10.1. The van der Waals surface area contributed by atoms with Gasteiger partial charge in [-0.15, -0.1) is 0 Å². The molecule has 7 nitrogen and oxygen atoms in total. The first kappa shape index (κ1) is 9.55. The number of hydrogen-bond acceptors (Lipinski definition) is 5. The van der Waals surface area contributed by atoms with Crippen molar-refractivity contribution < 1.29 is 15.3 Å². The zero-order valence-corrected chi connectivity index (χ0v) is 6.32. The van der Waals surface area contributed by atoms with E-state index in [0.29, 0.717) is 0 Å². The molecule has 1 rings (SSSR count). The summed E-state index contributed by atoms with van der Waals surface area (Å²) < 4.78 is 0. The normalized spacial score (nSPS) is 11.3. The molecular weight excluding hydrogens is 180 g/mol. The fraction of sp³-hybridized carbons (Fsp3) is 0. The number of nitro groups is 1. The van der Waals surface area contributed by atoms with Gasteiger partial charge in [0, 0.05) is 12.1 Å². The second-order valence-electron chi connectivity index (χ2n) is 2.29. The minimum Gasteiger partial charge on any atom is -0.559 e. The summed E-state index contributed by atoms with van der Waals surface area (Å²) in [6.07, 6.45) is 0. The van der Waals surface area contributed by atoms with Crippen molar-refractivity contribution in [1.82, 2.24) is 4.97 Å². The summed E-state index contributed by atoms with van der Waals surface area (Å²) in [4.78, 5) is 6.64. The number of benzene rings is 1. The minimum atomic E-state index is -2.79. The highest BCUT2D eigenvalue weighted by Crippen LogP contribution is 2.28. The van der Waals surface area contributed by atoms with Crippen LogP contribution in [0.1, 0.15) is 0 Å². The molecule has 0 unspecified atom stereocenters. The third-order valence-corrected chi connectivity index (χ3v) is 1.39. The molecule has 0 saturated heterocycles. The molecule has 0 saturated carbocycles. The Morgan fingerprint density at radius 2 is 1.85 bits per heavy atom. The molecule has 70 valence electrons. The van der Waals surface area contributed by atoms with E-state index < -0.39 is 21.3 Å². The van der Waals surface area contributed by atoms with Crippen LogP contribution in [0.25, 0.3) is 0 Å². The monoisotopic (exact) mass is 186 g/mol. The van der Waals surface area contributed by atoms with E-state index in [4.69, 9.17) is 10.4 Å². The first-order chi connectivity index (χ1) is 5.93. The Morgan fingerprint density at radius 3 is 2.23 bits per heavy atom. The van der Waals surface area contributed by atoms with Crippen LogP contribution in [-0.2, 0) is 0 Å². The van der Waals surface area contributed by atoms with Crippen molar-refractivity contribution in [3.8, 4) is 0 Å². The van der Waals surface area contributed by atoms with Crippen LogP contribution >= 0.6 is 0 Å². The standard InChI is InChI=1S/C6H6N2O5/c9-7(10)5-3-1-2-4-6(5)8(11,12)13/h1-4,11-12H. The fourth-order valence-corrected chi connectivity index (χ4v) is 0.865. The molecule has 1 aromatic rings. The number of nitro benzene ring substituents is 1. The first-order valence-corrected chi connectivity index (χ1v) is 3.22. The number of rotatable bonds is 2. The van der Waals surface area contributed by atoms with Gasteiger partial charge < -0.3 is 5.21 Å². The lowest BCUT2D eigenvalue weighted by molar-refractivity contribution is -0.388. The van der Waals surface area contributed by atoms with Crippen LogP contribution in [0.3, 0.4) is 0 Å². The molecule has 0 bridgehead atoms. The Kier molecular flexibility index (Phi) is 2.26. The van der Waals surface area contributed by atoms with E-state index in [0.717, 1.165) is 12.1 Å². The summed E-state index contributed by atoms with van der Waals surface area (Å²) in [5, 5.41) is 38.0. The highest BCUT2D eigenvalue weighted by molar-refractivity contribution is 5.58. The predicted octanol–water partition coefficient (Wildman–Crippen LogP) is 1.18. The summed E-state index contributed by atoms with van der Waals surface area (Å²) in [5.74, 6) is 0. The quantitative estimate of drug-likeness (QED) is 0.409. The molecule has 0 aliphatic rings. The molecule has 2 N–H and O–H groups in total. The zero-order valence-electron chi connectivity index (χ0n) is 6.32. The van der Waals surface area contributed by atoms with Gasteiger partial charge in [0.2, 0.25) is 0 Å². The molecule has 1 aromatic carbocycles. The lowest BCUT2D eigenvalue weighted by Crippen LogP contribution is -2.34. The average Bonchev–Trinajstić information content (AvgIpc) is 2.03. The van der Waals surface area contributed by atoms with E-state index in [1.807, 2.05) is 0 Å². The van der Waals surface area contributed by atoms with Crippen LogP contribution in [0.5, 0.6) is 0 Å². The first-order valence-electron chi connectivity index (χ1n) is 3.22. The summed E-state index contributed by atoms with van der Waals surface area (Å²) in [7, 11) is 0. The van der Waals surface area contributed by atoms with Crippen molar-refractivity contribution in [3.63, 3.8) is 0 Å². The number of quaternary nitrogens is 1. The molecule has 0 spiro atoms. The molecule has 0 heterocycles. The number of para-hydroxylation sites is 2. The Balaban J connectivity index is 3.28. The van der Waals surface area contributed by atoms with Crippen LogP contribution in [0.4, 0.5) is 11.4 Å². The highest BCUT2D eigenvalue weighted by atomic mass is 17.1. The maximum absolute atomic E-state index is 10.6. The molecule has 0 fully saturated rings.